The van der Waals surface area contributed by atoms with Crippen molar-refractivity contribution in [1.82, 2.24) is 20.1 Å². The monoisotopic (exact) mass is 383 g/mol. The van der Waals surface area contributed by atoms with Crippen molar-refractivity contribution in [2.24, 2.45) is 0 Å². The van der Waals surface area contributed by atoms with Gasteiger partial charge >= 0.3 is 0 Å². The topological polar surface area (TPSA) is 69.7 Å². The number of rotatable bonds is 6. The van der Waals surface area contributed by atoms with E-state index in [1.807, 2.05) is 0 Å². The Balaban J connectivity index is 1.28. The molecule has 150 valence electrons. The van der Waals surface area contributed by atoms with Crippen LogP contribution in [0.15, 0.2) is 30.5 Å². The summed E-state index contributed by atoms with van der Waals surface area (Å²) in [6, 6.07) is 8.68. The molecule has 0 saturated carbocycles. The lowest BCUT2D eigenvalue weighted by molar-refractivity contribution is 0.0398. The van der Waals surface area contributed by atoms with Crippen molar-refractivity contribution < 1.29 is 4.74 Å². The molecule has 2 fully saturated rings. The maximum absolute atomic E-state index is 5.39. The molecule has 2 aliphatic heterocycles. The normalized spacial score (nSPS) is 18.3. The zero-order valence-corrected chi connectivity index (χ0v) is 16.5. The minimum absolute atomic E-state index is 0.709. The summed E-state index contributed by atoms with van der Waals surface area (Å²) in [7, 11) is 0. The second-order valence-electron chi connectivity index (χ2n) is 7.34. The lowest BCUT2D eigenvalue weighted by Crippen LogP contribution is -2.47. The fraction of sp³-hybridized carbons (Fsp3) is 0.550. The molecule has 3 heterocycles. The first-order valence-electron chi connectivity index (χ1n) is 10.1. The van der Waals surface area contributed by atoms with Crippen molar-refractivity contribution in [2.75, 3.05) is 80.7 Å². The molecule has 1 aromatic carbocycles. The van der Waals surface area contributed by atoms with E-state index in [1.54, 1.807) is 6.20 Å². The van der Waals surface area contributed by atoms with Gasteiger partial charge in [-0.05, 0) is 24.6 Å². The van der Waals surface area contributed by atoms with Crippen molar-refractivity contribution in [1.29, 1.82) is 0 Å². The third kappa shape index (κ3) is 4.88. The standard InChI is InChI=1S/C20H29N7O/c1-17-3-2-4-18(15-17)26-7-9-27(10-8-26)20-23-19(16-22-24-20)21-5-6-25-11-13-28-14-12-25/h2-4,15-16H,5-14H2,1H3,(H,21,23,24). The molecule has 2 aromatic rings. The third-order valence-electron chi connectivity index (χ3n) is 5.31. The molecule has 8 nitrogen and oxygen atoms in total. The minimum atomic E-state index is 0.709. The molecule has 0 aliphatic carbocycles. The molecule has 0 spiro atoms. The Kier molecular flexibility index (Phi) is 6.18. The Morgan fingerprint density at radius 2 is 1.82 bits per heavy atom. The zero-order valence-electron chi connectivity index (χ0n) is 16.5. The van der Waals surface area contributed by atoms with Gasteiger partial charge in [-0.15, -0.1) is 5.10 Å². The van der Waals surface area contributed by atoms with Gasteiger partial charge in [-0.1, -0.05) is 12.1 Å². The minimum Gasteiger partial charge on any atom is -0.379 e. The fourth-order valence-corrected chi connectivity index (χ4v) is 3.67. The molecule has 1 aromatic heterocycles. The molecule has 8 heteroatoms. The van der Waals surface area contributed by atoms with Crippen LogP contribution in [0.5, 0.6) is 0 Å². The van der Waals surface area contributed by atoms with Gasteiger partial charge in [0.15, 0.2) is 5.82 Å². The Morgan fingerprint density at radius 3 is 2.61 bits per heavy atom. The molecule has 28 heavy (non-hydrogen) atoms. The average Bonchev–Trinajstić information content (AvgIpc) is 2.75. The van der Waals surface area contributed by atoms with Crippen LogP contribution in [0.2, 0.25) is 0 Å². The molecule has 4 rings (SSSR count). The lowest BCUT2D eigenvalue weighted by atomic mass is 10.2. The summed E-state index contributed by atoms with van der Waals surface area (Å²) in [5, 5.41) is 11.8. The summed E-state index contributed by atoms with van der Waals surface area (Å²) in [6.07, 6.45) is 1.70. The van der Waals surface area contributed by atoms with Crippen LogP contribution in [0, 0.1) is 6.92 Å². The highest BCUT2D eigenvalue weighted by Crippen LogP contribution is 2.19. The number of nitrogens with zero attached hydrogens (tertiary/aromatic N) is 6. The smallest absolute Gasteiger partial charge is 0.247 e. The maximum atomic E-state index is 5.39. The number of piperazine rings is 1. The van der Waals surface area contributed by atoms with Crippen molar-refractivity contribution in [3.8, 4) is 0 Å². The van der Waals surface area contributed by atoms with Gasteiger partial charge in [0.1, 0.15) is 0 Å². The molecule has 2 saturated heterocycles. The predicted octanol–water partition coefficient (Wildman–Crippen LogP) is 1.25. The highest BCUT2D eigenvalue weighted by atomic mass is 16.5. The molecule has 2 aliphatic rings. The summed E-state index contributed by atoms with van der Waals surface area (Å²) < 4.78 is 5.39. The quantitative estimate of drug-likeness (QED) is 0.799. The van der Waals surface area contributed by atoms with Crippen LogP contribution >= 0.6 is 0 Å². The van der Waals surface area contributed by atoms with E-state index >= 15 is 0 Å². The van der Waals surface area contributed by atoms with Gasteiger partial charge in [-0.3, -0.25) is 4.90 Å². The Bertz CT molecular complexity index is 758. The van der Waals surface area contributed by atoms with Crippen LogP contribution in [0.25, 0.3) is 0 Å². The summed E-state index contributed by atoms with van der Waals surface area (Å²) in [5.74, 6) is 1.50. The first-order chi connectivity index (χ1) is 13.8. The molecule has 0 amide bonds. The second kappa shape index (κ2) is 9.16. The largest absolute Gasteiger partial charge is 0.379 e. The van der Waals surface area contributed by atoms with E-state index in [4.69, 9.17) is 4.74 Å². The Morgan fingerprint density at radius 1 is 1.04 bits per heavy atom. The van der Waals surface area contributed by atoms with Gasteiger partial charge in [0.05, 0.1) is 19.4 Å². The summed E-state index contributed by atoms with van der Waals surface area (Å²) >= 11 is 0. The number of anilines is 3. The molecular formula is C20H29N7O. The van der Waals surface area contributed by atoms with E-state index in [-0.39, 0.29) is 0 Å². The highest BCUT2D eigenvalue weighted by Gasteiger charge is 2.20. The van der Waals surface area contributed by atoms with Crippen molar-refractivity contribution in [3.63, 3.8) is 0 Å². The summed E-state index contributed by atoms with van der Waals surface area (Å²) in [6.45, 7) is 11.3. The number of nitrogens with one attached hydrogen (secondary N) is 1. The molecule has 1 N–H and O–H groups in total. The SMILES string of the molecule is Cc1cccc(N2CCN(c3nncc(NCCN4CCOCC4)n3)CC2)c1. The van der Waals surface area contributed by atoms with E-state index in [1.165, 1.54) is 11.3 Å². The van der Waals surface area contributed by atoms with E-state index in [9.17, 15) is 0 Å². The number of hydrogen-bond donors (Lipinski definition) is 1. The average molecular weight is 384 g/mol. The van der Waals surface area contributed by atoms with E-state index in [0.29, 0.717) is 5.95 Å². The molecular weight excluding hydrogens is 354 g/mol. The number of aryl methyl sites for hydroxylation is 1. The number of hydrogen-bond acceptors (Lipinski definition) is 8. The second-order valence-corrected chi connectivity index (χ2v) is 7.34. The third-order valence-corrected chi connectivity index (χ3v) is 5.31. The van der Waals surface area contributed by atoms with Crippen LogP contribution in [0.4, 0.5) is 17.5 Å². The number of benzene rings is 1. The number of morpholine rings is 1. The summed E-state index contributed by atoms with van der Waals surface area (Å²) in [4.78, 5) is 11.7. The van der Waals surface area contributed by atoms with Gasteiger partial charge in [0.2, 0.25) is 5.95 Å². The molecule has 0 bridgehead atoms. The van der Waals surface area contributed by atoms with Crippen LogP contribution in [-0.2, 0) is 4.74 Å². The van der Waals surface area contributed by atoms with Crippen LogP contribution in [0.3, 0.4) is 0 Å². The lowest BCUT2D eigenvalue weighted by Gasteiger charge is -2.36. The van der Waals surface area contributed by atoms with Gasteiger partial charge in [0, 0.05) is 58.0 Å². The Hall–Kier alpha value is -2.45. The maximum Gasteiger partial charge on any atom is 0.247 e. The van der Waals surface area contributed by atoms with Crippen LogP contribution < -0.4 is 15.1 Å². The van der Waals surface area contributed by atoms with E-state index < -0.39 is 0 Å². The number of ether oxygens (including phenoxy) is 1. The van der Waals surface area contributed by atoms with Crippen LogP contribution in [-0.4, -0.2) is 85.7 Å². The molecule has 0 radical (unpaired) electrons. The number of aromatic nitrogens is 3. The van der Waals surface area contributed by atoms with Crippen molar-refractivity contribution in [3.05, 3.63) is 36.0 Å². The van der Waals surface area contributed by atoms with Crippen molar-refractivity contribution in [2.45, 2.75) is 6.92 Å². The van der Waals surface area contributed by atoms with Gasteiger partial charge in [-0.2, -0.15) is 10.1 Å². The van der Waals surface area contributed by atoms with E-state index in [2.05, 4.69) is 66.4 Å². The first kappa shape index (κ1) is 18.9. The first-order valence-corrected chi connectivity index (χ1v) is 10.1. The van der Waals surface area contributed by atoms with E-state index in [0.717, 1.165) is 71.4 Å². The fourth-order valence-electron chi connectivity index (χ4n) is 3.67. The van der Waals surface area contributed by atoms with Crippen molar-refractivity contribution >= 4 is 17.5 Å². The van der Waals surface area contributed by atoms with Crippen LogP contribution in [0.1, 0.15) is 5.56 Å². The molecule has 0 atom stereocenters. The van der Waals surface area contributed by atoms with Gasteiger partial charge in [-0.25, -0.2) is 0 Å². The summed E-state index contributed by atoms with van der Waals surface area (Å²) in [5.41, 5.74) is 2.58. The molecule has 0 unspecified atom stereocenters. The van der Waals surface area contributed by atoms with Gasteiger partial charge < -0.3 is 19.9 Å². The highest BCUT2D eigenvalue weighted by molar-refractivity contribution is 5.50. The Labute approximate surface area is 166 Å². The zero-order chi connectivity index (χ0) is 19.2. The predicted molar refractivity (Wildman–Crippen MR) is 111 cm³/mol. The van der Waals surface area contributed by atoms with Gasteiger partial charge in [0.25, 0.3) is 0 Å².